The molecule has 1 aromatic carbocycles. The number of methoxy groups -OCH3 is 1. The third-order valence-corrected chi connectivity index (χ3v) is 2.33. The Morgan fingerprint density at radius 1 is 1.47 bits per heavy atom. The SMILES string of the molecule is COCCN(CCF)c1cccc([N+](=O)[O-])c1. The Kier molecular flexibility index (Phi) is 5.35. The number of rotatable bonds is 7. The van der Waals surface area contributed by atoms with E-state index in [1.165, 1.54) is 12.1 Å². The first-order valence-corrected chi connectivity index (χ1v) is 5.23. The summed E-state index contributed by atoms with van der Waals surface area (Å²) in [5.74, 6) is 0. The standard InChI is InChI=1S/C11H15FN2O3/c1-17-8-7-13(6-5-12)10-3-2-4-11(9-10)14(15)16/h2-4,9H,5-8H2,1H3. The molecule has 94 valence electrons. The van der Waals surface area contributed by atoms with E-state index >= 15 is 0 Å². The molecular formula is C11H15FN2O3. The summed E-state index contributed by atoms with van der Waals surface area (Å²) in [5.41, 5.74) is 0.637. The van der Waals surface area contributed by atoms with Crippen LogP contribution in [0.4, 0.5) is 15.8 Å². The molecule has 0 bridgehead atoms. The Bertz CT molecular complexity index is 373. The molecule has 0 radical (unpaired) electrons. The Balaban J connectivity index is 2.84. The molecule has 0 saturated heterocycles. The smallest absolute Gasteiger partial charge is 0.271 e. The number of hydrogen-bond donors (Lipinski definition) is 0. The minimum Gasteiger partial charge on any atom is -0.383 e. The second-order valence-corrected chi connectivity index (χ2v) is 3.45. The lowest BCUT2D eigenvalue weighted by atomic mass is 10.2. The van der Waals surface area contributed by atoms with Crippen LogP contribution in [0.25, 0.3) is 0 Å². The van der Waals surface area contributed by atoms with Gasteiger partial charge >= 0.3 is 0 Å². The quantitative estimate of drug-likeness (QED) is 0.542. The Labute approximate surface area is 98.9 Å². The van der Waals surface area contributed by atoms with Crippen LogP contribution in [0.2, 0.25) is 0 Å². The van der Waals surface area contributed by atoms with Crippen LogP contribution < -0.4 is 4.90 Å². The number of nitro benzene ring substituents is 1. The van der Waals surface area contributed by atoms with Crippen LogP contribution in [-0.4, -0.2) is 38.4 Å². The lowest BCUT2D eigenvalue weighted by Gasteiger charge is -2.22. The van der Waals surface area contributed by atoms with Crippen molar-refractivity contribution in [2.45, 2.75) is 0 Å². The summed E-state index contributed by atoms with van der Waals surface area (Å²) in [7, 11) is 1.56. The molecule has 0 fully saturated rings. The predicted molar refractivity (Wildman–Crippen MR) is 63.2 cm³/mol. The van der Waals surface area contributed by atoms with E-state index in [1.807, 2.05) is 0 Å². The molecule has 0 aliphatic heterocycles. The second-order valence-electron chi connectivity index (χ2n) is 3.45. The average Bonchev–Trinajstić information content (AvgIpc) is 2.34. The van der Waals surface area contributed by atoms with Crippen molar-refractivity contribution in [1.29, 1.82) is 0 Å². The van der Waals surface area contributed by atoms with Crippen LogP contribution in [0, 0.1) is 10.1 Å². The third kappa shape index (κ3) is 3.99. The fourth-order valence-electron chi connectivity index (χ4n) is 1.48. The zero-order valence-corrected chi connectivity index (χ0v) is 9.63. The summed E-state index contributed by atoms with van der Waals surface area (Å²) in [6.45, 7) is 0.640. The van der Waals surface area contributed by atoms with Crippen LogP contribution >= 0.6 is 0 Å². The minimum atomic E-state index is -0.508. The monoisotopic (exact) mass is 242 g/mol. The molecule has 0 spiro atoms. The highest BCUT2D eigenvalue weighted by Gasteiger charge is 2.11. The number of nitro groups is 1. The molecule has 0 aliphatic rings. The minimum absolute atomic E-state index is 0.00350. The van der Waals surface area contributed by atoms with Gasteiger partial charge in [0.1, 0.15) is 6.67 Å². The maximum atomic E-state index is 12.4. The van der Waals surface area contributed by atoms with Gasteiger partial charge in [0.15, 0.2) is 0 Å². The van der Waals surface area contributed by atoms with Crippen molar-refractivity contribution in [2.24, 2.45) is 0 Å². The molecule has 6 heteroatoms. The van der Waals surface area contributed by atoms with Gasteiger partial charge in [-0.25, -0.2) is 4.39 Å². The third-order valence-electron chi connectivity index (χ3n) is 2.33. The molecule has 0 saturated carbocycles. The Morgan fingerprint density at radius 2 is 2.24 bits per heavy atom. The summed E-state index contributed by atoms with van der Waals surface area (Å²) in [4.78, 5) is 11.9. The first-order chi connectivity index (χ1) is 8.19. The number of hydrogen-bond acceptors (Lipinski definition) is 4. The van der Waals surface area contributed by atoms with Crippen molar-refractivity contribution in [3.05, 3.63) is 34.4 Å². The zero-order chi connectivity index (χ0) is 12.7. The molecule has 0 unspecified atom stereocenters. The fourth-order valence-corrected chi connectivity index (χ4v) is 1.48. The van der Waals surface area contributed by atoms with Crippen LogP contribution in [-0.2, 0) is 4.74 Å². The highest BCUT2D eigenvalue weighted by Crippen LogP contribution is 2.20. The van der Waals surface area contributed by atoms with Crippen LogP contribution in [0.5, 0.6) is 0 Å². The van der Waals surface area contributed by atoms with E-state index in [-0.39, 0.29) is 12.2 Å². The summed E-state index contributed by atoms with van der Waals surface area (Å²) in [5, 5.41) is 10.6. The van der Waals surface area contributed by atoms with Crippen LogP contribution in [0.3, 0.4) is 0 Å². The topological polar surface area (TPSA) is 55.6 Å². The first kappa shape index (κ1) is 13.4. The van der Waals surface area contributed by atoms with Gasteiger partial charge in [0.25, 0.3) is 5.69 Å². The number of halogens is 1. The van der Waals surface area contributed by atoms with E-state index in [0.717, 1.165) is 0 Å². The highest BCUT2D eigenvalue weighted by molar-refractivity contribution is 5.53. The van der Waals surface area contributed by atoms with Crippen LogP contribution in [0.15, 0.2) is 24.3 Å². The fraction of sp³-hybridized carbons (Fsp3) is 0.455. The number of non-ortho nitro benzene ring substituents is 1. The Morgan fingerprint density at radius 3 is 2.82 bits per heavy atom. The molecule has 1 aromatic rings. The number of benzene rings is 1. The second kappa shape index (κ2) is 6.80. The average molecular weight is 242 g/mol. The zero-order valence-electron chi connectivity index (χ0n) is 9.63. The maximum absolute atomic E-state index is 12.4. The number of alkyl halides is 1. The molecule has 0 aromatic heterocycles. The van der Waals surface area contributed by atoms with Crippen molar-refractivity contribution in [1.82, 2.24) is 0 Å². The molecule has 0 aliphatic carbocycles. The van der Waals surface area contributed by atoms with Crippen molar-refractivity contribution in [3.63, 3.8) is 0 Å². The largest absolute Gasteiger partial charge is 0.383 e. The van der Waals surface area contributed by atoms with E-state index < -0.39 is 11.6 Å². The van der Waals surface area contributed by atoms with Gasteiger partial charge in [-0.3, -0.25) is 10.1 Å². The summed E-state index contributed by atoms with van der Waals surface area (Å²) in [6.07, 6.45) is 0. The number of ether oxygens (including phenoxy) is 1. The lowest BCUT2D eigenvalue weighted by molar-refractivity contribution is -0.384. The van der Waals surface area contributed by atoms with Gasteiger partial charge in [-0.05, 0) is 6.07 Å². The lowest BCUT2D eigenvalue weighted by Crippen LogP contribution is -2.29. The normalized spacial score (nSPS) is 10.2. The van der Waals surface area contributed by atoms with Gasteiger partial charge in [0.2, 0.25) is 0 Å². The van der Waals surface area contributed by atoms with E-state index in [9.17, 15) is 14.5 Å². The molecule has 1 rings (SSSR count). The van der Waals surface area contributed by atoms with E-state index in [1.54, 1.807) is 24.1 Å². The maximum Gasteiger partial charge on any atom is 0.271 e. The van der Waals surface area contributed by atoms with Gasteiger partial charge < -0.3 is 9.64 Å². The number of nitrogens with zero attached hydrogens (tertiary/aromatic N) is 2. The van der Waals surface area contributed by atoms with Gasteiger partial charge in [-0.1, -0.05) is 6.07 Å². The van der Waals surface area contributed by atoms with Crippen LogP contribution in [0.1, 0.15) is 0 Å². The molecule has 0 N–H and O–H groups in total. The molecule has 0 heterocycles. The molecule has 17 heavy (non-hydrogen) atoms. The Hall–Kier alpha value is -1.69. The summed E-state index contributed by atoms with van der Waals surface area (Å²) >= 11 is 0. The van der Waals surface area contributed by atoms with E-state index in [2.05, 4.69) is 0 Å². The van der Waals surface area contributed by atoms with Crippen molar-refractivity contribution < 1.29 is 14.1 Å². The molecule has 5 nitrogen and oxygen atoms in total. The number of anilines is 1. The first-order valence-electron chi connectivity index (χ1n) is 5.23. The van der Waals surface area contributed by atoms with Gasteiger partial charge in [-0.15, -0.1) is 0 Å². The molecular weight excluding hydrogens is 227 g/mol. The van der Waals surface area contributed by atoms with Gasteiger partial charge in [0.05, 0.1) is 11.5 Å². The molecule has 0 atom stereocenters. The van der Waals surface area contributed by atoms with E-state index in [0.29, 0.717) is 18.8 Å². The van der Waals surface area contributed by atoms with Crippen molar-refractivity contribution in [3.8, 4) is 0 Å². The highest BCUT2D eigenvalue weighted by atomic mass is 19.1. The van der Waals surface area contributed by atoms with E-state index in [4.69, 9.17) is 4.74 Å². The predicted octanol–water partition coefficient (Wildman–Crippen LogP) is 2.02. The summed E-state index contributed by atoms with van der Waals surface area (Å²) in [6, 6.07) is 6.16. The van der Waals surface area contributed by atoms with Crippen molar-refractivity contribution in [2.75, 3.05) is 38.4 Å². The van der Waals surface area contributed by atoms with Gasteiger partial charge in [-0.2, -0.15) is 0 Å². The van der Waals surface area contributed by atoms with Gasteiger partial charge in [0, 0.05) is 38.0 Å². The van der Waals surface area contributed by atoms with Crippen molar-refractivity contribution >= 4 is 11.4 Å². The summed E-state index contributed by atoms with van der Waals surface area (Å²) < 4.78 is 17.3. The molecule has 0 amide bonds.